The molecule has 1 fully saturated rings. The van der Waals surface area contributed by atoms with Gasteiger partial charge in [0.15, 0.2) is 0 Å². The van der Waals surface area contributed by atoms with Crippen molar-refractivity contribution in [2.75, 3.05) is 0 Å². The molecule has 0 N–H and O–H groups in total. The third-order valence-electron chi connectivity index (χ3n) is 5.57. The van der Waals surface area contributed by atoms with E-state index in [0.29, 0.717) is 5.92 Å². The molecule has 1 aliphatic rings. The topological polar surface area (TPSA) is 0 Å². The van der Waals surface area contributed by atoms with Crippen molar-refractivity contribution in [3.63, 3.8) is 0 Å². The van der Waals surface area contributed by atoms with Crippen LogP contribution >= 0.6 is 0 Å². The van der Waals surface area contributed by atoms with E-state index in [0.717, 1.165) is 29.0 Å². The molecule has 0 heterocycles. The molecule has 0 unspecified atom stereocenters. The van der Waals surface area contributed by atoms with Crippen LogP contribution in [0.5, 0.6) is 0 Å². The quantitative estimate of drug-likeness (QED) is 0.544. The van der Waals surface area contributed by atoms with E-state index in [4.69, 9.17) is 0 Å². The molecule has 2 aromatic carbocycles. The van der Waals surface area contributed by atoms with E-state index in [9.17, 15) is 0 Å². The lowest BCUT2D eigenvalue weighted by molar-refractivity contribution is 0.309. The Morgan fingerprint density at radius 3 is 1.74 bits per heavy atom. The monoisotopic (exact) mass is 354 g/mol. The Morgan fingerprint density at radius 2 is 1.22 bits per heavy atom. The van der Waals surface area contributed by atoms with E-state index in [1.807, 2.05) is 0 Å². The fourth-order valence-electron chi connectivity index (χ4n) is 3.73. The second-order valence-corrected chi connectivity index (χ2v) is 7.67. The van der Waals surface area contributed by atoms with Gasteiger partial charge in [-0.1, -0.05) is 62.5 Å². The van der Waals surface area contributed by atoms with Crippen LogP contribution in [0.1, 0.15) is 74.6 Å². The summed E-state index contributed by atoms with van der Waals surface area (Å²) in [6.45, 7) is 4.52. The maximum absolute atomic E-state index is 3.49. The molecular formula is C27H30. The van der Waals surface area contributed by atoms with Gasteiger partial charge in [0.05, 0.1) is 0 Å². The van der Waals surface area contributed by atoms with E-state index in [2.05, 4.69) is 86.1 Å². The van der Waals surface area contributed by atoms with Crippen molar-refractivity contribution < 1.29 is 0 Å². The van der Waals surface area contributed by atoms with Gasteiger partial charge >= 0.3 is 0 Å². The third-order valence-corrected chi connectivity index (χ3v) is 5.57. The van der Waals surface area contributed by atoms with Crippen LogP contribution in [0.2, 0.25) is 0 Å². The zero-order valence-electron chi connectivity index (χ0n) is 16.7. The first-order valence-corrected chi connectivity index (χ1v) is 10.5. The standard InChI is InChI=1S/C27H30/c1-3-5-23-10-12-25(13-11-23)16-17-27-20-18-26(19-21-27)15-14-24-8-6-22(4-2)7-9-24/h10-13,18-22,24H,3-9H2,1-2H3. The van der Waals surface area contributed by atoms with Crippen LogP contribution in [0, 0.1) is 35.5 Å². The van der Waals surface area contributed by atoms with Crippen LogP contribution in [0.3, 0.4) is 0 Å². The maximum Gasteiger partial charge on any atom is 0.0249 e. The van der Waals surface area contributed by atoms with E-state index >= 15 is 0 Å². The SMILES string of the molecule is CCCc1ccc(C#Cc2ccc(C#CC3CCC(CC)CC3)cc2)cc1. The van der Waals surface area contributed by atoms with Crippen molar-refractivity contribution in [2.45, 2.75) is 58.8 Å². The van der Waals surface area contributed by atoms with Crippen molar-refractivity contribution in [1.29, 1.82) is 0 Å². The lowest BCUT2D eigenvalue weighted by Crippen LogP contribution is -2.12. The number of hydrogen-bond donors (Lipinski definition) is 0. The van der Waals surface area contributed by atoms with Crippen molar-refractivity contribution in [2.24, 2.45) is 11.8 Å². The van der Waals surface area contributed by atoms with E-state index < -0.39 is 0 Å². The molecule has 1 saturated carbocycles. The third kappa shape index (κ3) is 6.05. The summed E-state index contributed by atoms with van der Waals surface area (Å²) in [7, 11) is 0. The van der Waals surface area contributed by atoms with Crippen LogP contribution in [0.15, 0.2) is 48.5 Å². The summed E-state index contributed by atoms with van der Waals surface area (Å²) in [4.78, 5) is 0. The molecule has 27 heavy (non-hydrogen) atoms. The zero-order valence-corrected chi connectivity index (χ0v) is 16.7. The molecule has 138 valence electrons. The molecule has 0 radical (unpaired) electrons. The predicted octanol–water partition coefficient (Wildman–Crippen LogP) is 6.61. The van der Waals surface area contributed by atoms with Crippen molar-refractivity contribution >= 4 is 0 Å². The summed E-state index contributed by atoms with van der Waals surface area (Å²) >= 11 is 0. The van der Waals surface area contributed by atoms with Gasteiger partial charge in [-0.25, -0.2) is 0 Å². The lowest BCUT2D eigenvalue weighted by atomic mass is 9.81. The summed E-state index contributed by atoms with van der Waals surface area (Å²) < 4.78 is 0. The number of aryl methyl sites for hydroxylation is 1. The van der Waals surface area contributed by atoms with Crippen LogP contribution < -0.4 is 0 Å². The van der Waals surface area contributed by atoms with Gasteiger partial charge in [-0.3, -0.25) is 0 Å². The molecule has 0 amide bonds. The first-order chi connectivity index (χ1) is 13.3. The van der Waals surface area contributed by atoms with Crippen molar-refractivity contribution in [3.05, 3.63) is 70.8 Å². The second kappa shape index (κ2) is 10.0. The number of hydrogen-bond acceptors (Lipinski definition) is 0. The highest BCUT2D eigenvalue weighted by molar-refractivity contribution is 5.46. The normalized spacial score (nSPS) is 18.7. The predicted molar refractivity (Wildman–Crippen MR) is 115 cm³/mol. The highest BCUT2D eigenvalue weighted by atomic mass is 14.2. The average molecular weight is 355 g/mol. The molecule has 0 aromatic heterocycles. The van der Waals surface area contributed by atoms with Gasteiger partial charge < -0.3 is 0 Å². The molecule has 0 spiro atoms. The minimum absolute atomic E-state index is 0.586. The molecular weight excluding hydrogens is 324 g/mol. The van der Waals surface area contributed by atoms with Crippen LogP contribution in [0.4, 0.5) is 0 Å². The van der Waals surface area contributed by atoms with Crippen LogP contribution in [-0.4, -0.2) is 0 Å². The minimum Gasteiger partial charge on any atom is -0.0945 e. The van der Waals surface area contributed by atoms with Gasteiger partial charge in [0, 0.05) is 22.6 Å². The fourth-order valence-corrected chi connectivity index (χ4v) is 3.73. The van der Waals surface area contributed by atoms with E-state index in [-0.39, 0.29) is 0 Å². The minimum atomic E-state index is 0.586. The van der Waals surface area contributed by atoms with Gasteiger partial charge in [-0.05, 0) is 80.0 Å². The Hall–Kier alpha value is -2.44. The smallest absolute Gasteiger partial charge is 0.0249 e. The molecule has 0 bridgehead atoms. The van der Waals surface area contributed by atoms with Crippen molar-refractivity contribution in [1.82, 2.24) is 0 Å². The summed E-state index contributed by atoms with van der Waals surface area (Å²) in [5.74, 6) is 14.9. The number of rotatable bonds is 3. The average Bonchev–Trinajstić information content (AvgIpc) is 2.73. The molecule has 0 aliphatic heterocycles. The van der Waals surface area contributed by atoms with Crippen LogP contribution in [0.25, 0.3) is 0 Å². The zero-order chi connectivity index (χ0) is 18.9. The Bertz CT molecular complexity index is 823. The second-order valence-electron chi connectivity index (χ2n) is 7.67. The Morgan fingerprint density at radius 1 is 0.704 bits per heavy atom. The lowest BCUT2D eigenvalue weighted by Gasteiger charge is -2.24. The summed E-state index contributed by atoms with van der Waals surface area (Å²) in [5, 5.41) is 0. The first-order valence-electron chi connectivity index (χ1n) is 10.5. The Labute approximate surface area is 165 Å². The molecule has 3 rings (SSSR count). The first kappa shape index (κ1) is 19.3. The van der Waals surface area contributed by atoms with Gasteiger partial charge in [0.1, 0.15) is 0 Å². The Balaban J connectivity index is 1.57. The fraction of sp³-hybridized carbons (Fsp3) is 0.407. The van der Waals surface area contributed by atoms with Gasteiger partial charge in [0.25, 0.3) is 0 Å². The molecule has 0 saturated heterocycles. The summed E-state index contributed by atoms with van der Waals surface area (Å²) in [6, 6.07) is 16.9. The number of benzene rings is 2. The van der Waals surface area contributed by atoms with E-state index in [1.54, 1.807) is 0 Å². The molecule has 0 nitrogen and oxygen atoms in total. The summed E-state index contributed by atoms with van der Waals surface area (Å²) in [5.41, 5.74) is 4.60. The largest absolute Gasteiger partial charge is 0.0945 e. The van der Waals surface area contributed by atoms with Gasteiger partial charge in [-0.2, -0.15) is 0 Å². The summed E-state index contributed by atoms with van der Waals surface area (Å²) in [6.07, 6.45) is 8.88. The maximum atomic E-state index is 3.49. The molecule has 0 atom stereocenters. The highest BCUT2D eigenvalue weighted by Gasteiger charge is 2.17. The van der Waals surface area contributed by atoms with Crippen molar-refractivity contribution in [3.8, 4) is 23.7 Å². The van der Waals surface area contributed by atoms with Gasteiger partial charge in [0.2, 0.25) is 0 Å². The molecule has 2 aromatic rings. The molecule has 0 heteroatoms. The molecule has 1 aliphatic carbocycles. The van der Waals surface area contributed by atoms with Crippen LogP contribution in [-0.2, 0) is 6.42 Å². The highest BCUT2D eigenvalue weighted by Crippen LogP contribution is 2.30. The van der Waals surface area contributed by atoms with Gasteiger partial charge in [-0.15, -0.1) is 0 Å². The Kier molecular flexibility index (Phi) is 7.19. The van der Waals surface area contributed by atoms with E-state index in [1.165, 1.54) is 44.1 Å².